The van der Waals surface area contributed by atoms with Crippen LogP contribution in [0.15, 0.2) is 0 Å². The van der Waals surface area contributed by atoms with Gasteiger partial charge in [0.15, 0.2) is 0 Å². The number of aliphatic hydroxyl groups excluding tert-OH is 2. The molecule has 0 aromatic heterocycles. The summed E-state index contributed by atoms with van der Waals surface area (Å²) in [6.45, 7) is 4.29. The number of rotatable bonds is 5. The number of nitrogens with zero attached hydrogens (tertiary/aromatic N) is 1. The van der Waals surface area contributed by atoms with Gasteiger partial charge in [0.05, 0.1) is 12.7 Å². The molecule has 3 heteroatoms. The maximum absolute atomic E-state index is 10.0. The molecule has 2 fully saturated rings. The van der Waals surface area contributed by atoms with E-state index >= 15 is 0 Å². The van der Waals surface area contributed by atoms with Crippen molar-refractivity contribution in [3.63, 3.8) is 0 Å². The first-order valence-corrected chi connectivity index (χ1v) is 6.73. The van der Waals surface area contributed by atoms with Gasteiger partial charge in [-0.3, -0.25) is 4.90 Å². The minimum Gasteiger partial charge on any atom is -0.395 e. The lowest BCUT2D eigenvalue weighted by atomic mass is 9.80. The van der Waals surface area contributed by atoms with Gasteiger partial charge in [0.25, 0.3) is 0 Å². The van der Waals surface area contributed by atoms with E-state index in [1.807, 2.05) is 0 Å². The average Bonchev–Trinajstić information content (AvgIpc) is 3.06. The van der Waals surface area contributed by atoms with E-state index in [0.29, 0.717) is 12.0 Å². The highest BCUT2D eigenvalue weighted by Gasteiger charge is 2.34. The maximum Gasteiger partial charge on any atom is 0.0580 e. The molecule has 2 saturated carbocycles. The van der Waals surface area contributed by atoms with Gasteiger partial charge in [0.1, 0.15) is 0 Å². The van der Waals surface area contributed by atoms with Gasteiger partial charge in [0.2, 0.25) is 0 Å². The van der Waals surface area contributed by atoms with E-state index in [1.54, 1.807) is 0 Å². The molecule has 3 unspecified atom stereocenters. The Kier molecular flexibility index (Phi) is 4.22. The molecule has 2 aliphatic rings. The standard InChI is InChI=1S/C13H25NO2/c1-10-2-5-13(16)11(8-10)9-14(6-7-15)12-3-4-12/h10-13,15-16H,2-9H2,1H3. The van der Waals surface area contributed by atoms with Crippen LogP contribution in [0.4, 0.5) is 0 Å². The number of hydrogen-bond acceptors (Lipinski definition) is 3. The molecule has 2 N–H and O–H groups in total. The van der Waals surface area contributed by atoms with Crippen LogP contribution in [0.5, 0.6) is 0 Å². The Balaban J connectivity index is 1.84. The Labute approximate surface area is 98.5 Å². The van der Waals surface area contributed by atoms with Gasteiger partial charge in [-0.1, -0.05) is 6.92 Å². The minimum atomic E-state index is -0.115. The molecule has 0 radical (unpaired) electrons. The van der Waals surface area contributed by atoms with Crippen molar-refractivity contribution in [3.8, 4) is 0 Å². The lowest BCUT2D eigenvalue weighted by Gasteiger charge is -2.35. The summed E-state index contributed by atoms with van der Waals surface area (Å²) >= 11 is 0. The molecule has 2 rings (SSSR count). The lowest BCUT2D eigenvalue weighted by Crippen LogP contribution is -2.40. The second kappa shape index (κ2) is 5.48. The third kappa shape index (κ3) is 3.19. The quantitative estimate of drug-likeness (QED) is 0.742. The van der Waals surface area contributed by atoms with Crippen molar-refractivity contribution in [1.29, 1.82) is 0 Å². The van der Waals surface area contributed by atoms with Crippen LogP contribution in [0.2, 0.25) is 0 Å². The summed E-state index contributed by atoms with van der Waals surface area (Å²) in [6.07, 6.45) is 5.72. The minimum absolute atomic E-state index is 0.115. The molecule has 0 amide bonds. The highest BCUT2D eigenvalue weighted by atomic mass is 16.3. The zero-order valence-corrected chi connectivity index (χ0v) is 10.3. The van der Waals surface area contributed by atoms with E-state index in [9.17, 15) is 5.11 Å². The van der Waals surface area contributed by atoms with Crippen molar-refractivity contribution in [2.45, 2.75) is 51.2 Å². The molecule has 0 aromatic rings. The van der Waals surface area contributed by atoms with Crippen molar-refractivity contribution in [2.24, 2.45) is 11.8 Å². The van der Waals surface area contributed by atoms with Crippen LogP contribution in [0.3, 0.4) is 0 Å². The van der Waals surface area contributed by atoms with Gasteiger partial charge < -0.3 is 10.2 Å². The largest absolute Gasteiger partial charge is 0.395 e. The zero-order valence-electron chi connectivity index (χ0n) is 10.3. The Morgan fingerprint density at radius 2 is 1.94 bits per heavy atom. The van der Waals surface area contributed by atoms with E-state index in [1.165, 1.54) is 19.3 Å². The molecular weight excluding hydrogens is 202 g/mol. The topological polar surface area (TPSA) is 43.7 Å². The first-order chi connectivity index (χ1) is 7.70. The Hall–Kier alpha value is -0.120. The molecule has 3 nitrogen and oxygen atoms in total. The Bertz CT molecular complexity index is 218. The van der Waals surface area contributed by atoms with Crippen molar-refractivity contribution in [2.75, 3.05) is 19.7 Å². The second-order valence-corrected chi connectivity index (χ2v) is 5.70. The molecule has 3 atom stereocenters. The average molecular weight is 227 g/mol. The van der Waals surface area contributed by atoms with Crippen LogP contribution in [0, 0.1) is 11.8 Å². The van der Waals surface area contributed by atoms with Gasteiger partial charge in [-0.2, -0.15) is 0 Å². The van der Waals surface area contributed by atoms with Crippen molar-refractivity contribution >= 4 is 0 Å². The van der Waals surface area contributed by atoms with Crippen molar-refractivity contribution in [1.82, 2.24) is 4.90 Å². The summed E-state index contributed by atoms with van der Waals surface area (Å²) in [6, 6.07) is 0.691. The summed E-state index contributed by atoms with van der Waals surface area (Å²) in [5.74, 6) is 1.18. The van der Waals surface area contributed by atoms with Crippen LogP contribution in [-0.4, -0.2) is 47.0 Å². The van der Waals surface area contributed by atoms with Crippen molar-refractivity contribution in [3.05, 3.63) is 0 Å². The van der Waals surface area contributed by atoms with Gasteiger partial charge in [-0.25, -0.2) is 0 Å². The van der Waals surface area contributed by atoms with Gasteiger partial charge in [-0.15, -0.1) is 0 Å². The van der Waals surface area contributed by atoms with E-state index in [-0.39, 0.29) is 12.7 Å². The summed E-state index contributed by atoms with van der Waals surface area (Å²) < 4.78 is 0. The van der Waals surface area contributed by atoms with Crippen LogP contribution in [0.1, 0.15) is 39.0 Å². The monoisotopic (exact) mass is 227 g/mol. The van der Waals surface area contributed by atoms with Crippen LogP contribution < -0.4 is 0 Å². The van der Waals surface area contributed by atoms with Gasteiger partial charge >= 0.3 is 0 Å². The third-order valence-electron chi connectivity index (χ3n) is 4.12. The molecular formula is C13H25NO2. The molecule has 0 aromatic carbocycles. The predicted molar refractivity (Wildman–Crippen MR) is 64.2 cm³/mol. The first kappa shape index (κ1) is 12.3. The summed E-state index contributed by atoms with van der Waals surface area (Å²) in [4.78, 5) is 2.38. The smallest absolute Gasteiger partial charge is 0.0580 e. The summed E-state index contributed by atoms with van der Waals surface area (Å²) in [7, 11) is 0. The predicted octanol–water partition coefficient (Wildman–Crippen LogP) is 1.24. The van der Waals surface area contributed by atoms with Crippen molar-refractivity contribution < 1.29 is 10.2 Å². The first-order valence-electron chi connectivity index (χ1n) is 6.73. The summed E-state index contributed by atoms with van der Waals surface area (Å²) in [5.41, 5.74) is 0. The summed E-state index contributed by atoms with van der Waals surface area (Å²) in [5, 5.41) is 19.1. The second-order valence-electron chi connectivity index (χ2n) is 5.70. The normalized spacial score (nSPS) is 35.6. The van der Waals surface area contributed by atoms with Gasteiger partial charge in [-0.05, 0) is 43.9 Å². The molecule has 0 saturated heterocycles. The molecule has 0 spiro atoms. The van der Waals surface area contributed by atoms with Crippen LogP contribution in [0.25, 0.3) is 0 Å². The van der Waals surface area contributed by atoms with E-state index in [0.717, 1.165) is 31.8 Å². The maximum atomic E-state index is 10.0. The van der Waals surface area contributed by atoms with Crippen LogP contribution >= 0.6 is 0 Å². The molecule has 16 heavy (non-hydrogen) atoms. The zero-order chi connectivity index (χ0) is 11.5. The lowest BCUT2D eigenvalue weighted by molar-refractivity contribution is 0.0257. The van der Waals surface area contributed by atoms with Gasteiger partial charge in [0, 0.05) is 19.1 Å². The van der Waals surface area contributed by atoms with E-state index < -0.39 is 0 Å². The van der Waals surface area contributed by atoms with E-state index in [2.05, 4.69) is 11.8 Å². The SMILES string of the molecule is CC1CCC(O)C(CN(CCO)C2CC2)C1. The molecule has 0 aliphatic heterocycles. The molecule has 94 valence electrons. The molecule has 0 bridgehead atoms. The molecule has 0 heterocycles. The number of hydrogen-bond donors (Lipinski definition) is 2. The Morgan fingerprint density at radius 1 is 1.19 bits per heavy atom. The Morgan fingerprint density at radius 3 is 2.56 bits per heavy atom. The highest BCUT2D eigenvalue weighted by molar-refractivity contribution is 4.88. The highest BCUT2D eigenvalue weighted by Crippen LogP contribution is 2.33. The van der Waals surface area contributed by atoms with E-state index in [4.69, 9.17) is 5.11 Å². The van der Waals surface area contributed by atoms with Crippen LogP contribution in [-0.2, 0) is 0 Å². The molecule has 2 aliphatic carbocycles. The third-order valence-corrected chi connectivity index (χ3v) is 4.12. The fourth-order valence-corrected chi connectivity index (χ4v) is 2.97. The fraction of sp³-hybridized carbons (Fsp3) is 1.00. The fourth-order valence-electron chi connectivity index (χ4n) is 2.97. The number of aliphatic hydroxyl groups is 2.